The van der Waals surface area contributed by atoms with Gasteiger partial charge in [-0.15, -0.1) is 0 Å². The van der Waals surface area contributed by atoms with Crippen LogP contribution in [0.4, 0.5) is 8.78 Å². The summed E-state index contributed by atoms with van der Waals surface area (Å²) in [4.78, 5) is 13.1. The summed E-state index contributed by atoms with van der Waals surface area (Å²) in [5.74, 6) is -0.248. The molecule has 42 heavy (non-hydrogen) atoms. The Morgan fingerprint density at radius 3 is 2.55 bits per heavy atom. The Kier molecular flexibility index (Phi) is 7.66. The summed E-state index contributed by atoms with van der Waals surface area (Å²) in [6.45, 7) is 0.384. The molecule has 0 aliphatic heterocycles. The highest BCUT2D eigenvalue weighted by Gasteiger charge is 2.19. The minimum atomic E-state index is -1.68. The number of ether oxygens (including phenoxy) is 1. The Morgan fingerprint density at radius 2 is 1.79 bits per heavy atom. The number of aliphatic hydroxyl groups is 2. The molecule has 0 spiro atoms. The second-order valence-corrected chi connectivity index (χ2v) is 9.97. The topological polar surface area (TPSA) is 106 Å². The number of halogens is 3. The lowest BCUT2D eigenvalue weighted by molar-refractivity contribution is -0.0424. The number of hydrogen-bond acceptors (Lipinski definition) is 7. The van der Waals surface area contributed by atoms with Crippen molar-refractivity contribution in [2.75, 3.05) is 0 Å². The lowest BCUT2D eigenvalue weighted by Gasteiger charge is -2.11. The standard InChI is InChI=1S/C31H23ClF2N4O4/c32-21-7-4-18(5-8-21)17-42-29-3-1-2-25(37-29)22-15-23(33)20(12-24(22)34)14-28-36-26-9-6-19(31(39)40)13-27(26)38(28)16-30-35-10-11-41-30/h1-13,15,31,39-40H,14,16-17H2. The predicted molar refractivity (Wildman–Crippen MR) is 151 cm³/mol. The van der Waals surface area contributed by atoms with Gasteiger partial charge >= 0.3 is 0 Å². The number of imidazole rings is 1. The fraction of sp³-hybridized carbons (Fsp3) is 0.129. The fourth-order valence-corrected chi connectivity index (χ4v) is 4.73. The maximum atomic E-state index is 15.5. The maximum absolute atomic E-state index is 15.5. The van der Waals surface area contributed by atoms with E-state index in [9.17, 15) is 10.2 Å². The van der Waals surface area contributed by atoms with Gasteiger partial charge in [0.1, 0.15) is 36.9 Å². The molecule has 6 aromatic rings. The first-order valence-corrected chi connectivity index (χ1v) is 13.3. The molecule has 0 aliphatic carbocycles. The van der Waals surface area contributed by atoms with Gasteiger partial charge in [-0.05, 0) is 53.6 Å². The van der Waals surface area contributed by atoms with Gasteiger partial charge in [-0.25, -0.2) is 23.7 Å². The molecule has 0 saturated carbocycles. The van der Waals surface area contributed by atoms with Crippen molar-refractivity contribution in [1.29, 1.82) is 0 Å². The van der Waals surface area contributed by atoms with Gasteiger partial charge in [0, 0.05) is 28.6 Å². The van der Waals surface area contributed by atoms with Gasteiger partial charge in [0.15, 0.2) is 6.29 Å². The number of aliphatic hydroxyl groups excluding tert-OH is 1. The molecule has 8 nitrogen and oxygen atoms in total. The van der Waals surface area contributed by atoms with E-state index >= 15 is 8.78 Å². The molecule has 3 aromatic heterocycles. The maximum Gasteiger partial charge on any atom is 0.214 e. The molecule has 0 amide bonds. The second-order valence-electron chi connectivity index (χ2n) is 9.54. The van der Waals surface area contributed by atoms with Crippen LogP contribution in [0.2, 0.25) is 5.02 Å². The van der Waals surface area contributed by atoms with Crippen molar-refractivity contribution in [3.63, 3.8) is 0 Å². The molecule has 11 heteroatoms. The van der Waals surface area contributed by atoms with E-state index in [1.54, 1.807) is 47.0 Å². The Labute approximate surface area is 243 Å². The number of hydrogen-bond donors (Lipinski definition) is 2. The van der Waals surface area contributed by atoms with Crippen LogP contribution in [0.25, 0.3) is 22.3 Å². The Morgan fingerprint density at radius 1 is 0.952 bits per heavy atom. The summed E-state index contributed by atoms with van der Waals surface area (Å²) in [5.41, 5.74) is 2.53. The van der Waals surface area contributed by atoms with Crippen LogP contribution in [0.5, 0.6) is 5.88 Å². The van der Waals surface area contributed by atoms with Crippen LogP contribution in [0, 0.1) is 11.6 Å². The first-order valence-electron chi connectivity index (χ1n) is 12.9. The van der Waals surface area contributed by atoms with E-state index in [-0.39, 0.29) is 47.8 Å². The normalized spacial score (nSPS) is 11.5. The van der Waals surface area contributed by atoms with Crippen LogP contribution in [-0.2, 0) is 19.6 Å². The number of nitrogens with zero attached hydrogens (tertiary/aromatic N) is 4. The SMILES string of the molecule is OC(O)c1ccc2nc(Cc3cc(F)c(-c4cccc(OCc5ccc(Cl)cc5)n4)cc3F)n(Cc3ncco3)c2c1. The number of benzene rings is 3. The molecule has 3 aromatic carbocycles. The third-order valence-corrected chi connectivity index (χ3v) is 6.96. The van der Waals surface area contributed by atoms with Crippen molar-refractivity contribution in [3.05, 3.63) is 130 Å². The van der Waals surface area contributed by atoms with Crippen molar-refractivity contribution in [2.45, 2.75) is 25.9 Å². The molecule has 0 aliphatic rings. The first-order chi connectivity index (χ1) is 20.3. The van der Waals surface area contributed by atoms with Gasteiger partial charge in [-0.1, -0.05) is 35.9 Å². The number of rotatable bonds is 9. The average Bonchev–Trinajstić information content (AvgIpc) is 3.62. The smallest absolute Gasteiger partial charge is 0.214 e. The lowest BCUT2D eigenvalue weighted by Crippen LogP contribution is -2.08. The van der Waals surface area contributed by atoms with E-state index in [1.807, 2.05) is 12.1 Å². The average molecular weight is 589 g/mol. The van der Waals surface area contributed by atoms with Gasteiger partial charge in [0.2, 0.25) is 11.8 Å². The van der Waals surface area contributed by atoms with Gasteiger partial charge in [-0.2, -0.15) is 0 Å². The van der Waals surface area contributed by atoms with Crippen molar-refractivity contribution >= 4 is 22.6 Å². The van der Waals surface area contributed by atoms with E-state index < -0.39 is 17.9 Å². The molecular formula is C31H23ClF2N4O4. The molecule has 0 bridgehead atoms. The first kappa shape index (κ1) is 27.5. The Hall–Kier alpha value is -4.64. The van der Waals surface area contributed by atoms with Gasteiger partial charge in [-0.3, -0.25) is 0 Å². The molecular weight excluding hydrogens is 566 g/mol. The van der Waals surface area contributed by atoms with Crippen LogP contribution < -0.4 is 4.74 Å². The summed E-state index contributed by atoms with van der Waals surface area (Å²) >= 11 is 5.93. The van der Waals surface area contributed by atoms with Crippen molar-refractivity contribution in [1.82, 2.24) is 19.5 Å². The molecule has 0 radical (unpaired) electrons. The van der Waals surface area contributed by atoms with E-state index in [1.165, 1.54) is 18.5 Å². The fourth-order valence-electron chi connectivity index (χ4n) is 4.60. The number of fused-ring (bicyclic) bond motifs is 1. The number of oxazole rings is 1. The molecule has 3 heterocycles. The quantitative estimate of drug-likeness (QED) is 0.193. The predicted octanol–water partition coefficient (Wildman–Crippen LogP) is 6.22. The van der Waals surface area contributed by atoms with E-state index in [0.717, 1.165) is 17.7 Å². The Balaban J connectivity index is 1.29. The van der Waals surface area contributed by atoms with E-state index in [0.29, 0.717) is 27.8 Å². The van der Waals surface area contributed by atoms with E-state index in [2.05, 4.69) is 15.0 Å². The van der Waals surface area contributed by atoms with Crippen LogP contribution in [0.15, 0.2) is 89.7 Å². The molecule has 0 unspecified atom stereocenters. The van der Waals surface area contributed by atoms with Crippen molar-refractivity contribution in [3.8, 4) is 17.1 Å². The van der Waals surface area contributed by atoms with E-state index in [4.69, 9.17) is 20.8 Å². The largest absolute Gasteiger partial charge is 0.473 e. The minimum Gasteiger partial charge on any atom is -0.473 e. The van der Waals surface area contributed by atoms with Gasteiger partial charge < -0.3 is 23.9 Å². The highest BCUT2D eigenvalue weighted by atomic mass is 35.5. The van der Waals surface area contributed by atoms with Crippen LogP contribution in [-0.4, -0.2) is 29.7 Å². The highest BCUT2D eigenvalue weighted by Crippen LogP contribution is 2.29. The minimum absolute atomic E-state index is 0.0111. The zero-order valence-electron chi connectivity index (χ0n) is 21.9. The number of aromatic nitrogens is 4. The summed E-state index contributed by atoms with van der Waals surface area (Å²) in [5, 5.41) is 19.9. The summed E-state index contributed by atoms with van der Waals surface area (Å²) in [7, 11) is 0. The third kappa shape index (κ3) is 5.87. The van der Waals surface area contributed by atoms with Gasteiger partial charge in [0.25, 0.3) is 0 Å². The summed E-state index contributed by atoms with van der Waals surface area (Å²) < 4.78 is 43.8. The molecule has 0 atom stereocenters. The summed E-state index contributed by atoms with van der Waals surface area (Å²) in [6, 6.07) is 19.0. The molecule has 6 rings (SSSR count). The third-order valence-electron chi connectivity index (χ3n) is 6.71. The molecule has 0 saturated heterocycles. The summed E-state index contributed by atoms with van der Waals surface area (Å²) in [6.07, 6.45) is 1.19. The van der Waals surface area contributed by atoms with Crippen LogP contribution in [0.3, 0.4) is 0 Å². The Bertz CT molecular complexity index is 1860. The second kappa shape index (κ2) is 11.7. The lowest BCUT2D eigenvalue weighted by atomic mass is 10.0. The molecule has 2 N–H and O–H groups in total. The van der Waals surface area contributed by atoms with Crippen LogP contribution in [0.1, 0.15) is 34.7 Å². The zero-order valence-corrected chi connectivity index (χ0v) is 22.7. The molecule has 0 fully saturated rings. The zero-order chi connectivity index (χ0) is 29.2. The molecule has 212 valence electrons. The van der Waals surface area contributed by atoms with Crippen LogP contribution >= 0.6 is 11.6 Å². The monoisotopic (exact) mass is 588 g/mol. The van der Waals surface area contributed by atoms with Gasteiger partial charge in [0.05, 0.1) is 22.9 Å². The highest BCUT2D eigenvalue weighted by molar-refractivity contribution is 6.30. The van der Waals surface area contributed by atoms with Crippen molar-refractivity contribution in [2.24, 2.45) is 0 Å². The number of pyridine rings is 1. The van der Waals surface area contributed by atoms with Crippen molar-refractivity contribution < 1.29 is 28.1 Å².